The summed E-state index contributed by atoms with van der Waals surface area (Å²) >= 11 is 1.46. The fourth-order valence-corrected chi connectivity index (χ4v) is 9.31. The van der Waals surface area contributed by atoms with E-state index in [1.165, 1.54) is 60.8 Å². The fourth-order valence-electron chi connectivity index (χ4n) is 8.49. The molecule has 3 heteroatoms. The zero-order chi connectivity index (χ0) is 28.3. The topological polar surface area (TPSA) is 0 Å². The molecule has 0 aromatic heterocycles. The van der Waals surface area contributed by atoms with Crippen LogP contribution in [-0.4, -0.2) is 3.21 Å². The molecule has 0 heterocycles. The molecule has 10 rings (SSSR count). The van der Waals surface area contributed by atoms with Gasteiger partial charge in [0, 0.05) is 0 Å². The molecule has 222 valence electrons. The number of rotatable bonds is 3. The third-order valence-electron chi connectivity index (χ3n) is 10.1. The second-order valence-corrected chi connectivity index (χ2v) is 13.9. The van der Waals surface area contributed by atoms with Crippen molar-refractivity contribution in [1.29, 1.82) is 0 Å². The minimum Gasteiger partial charge on any atom is -0.179 e. The number of hydrogen-bond donors (Lipinski definition) is 0. The van der Waals surface area contributed by atoms with E-state index in [2.05, 4.69) is 121 Å². The summed E-state index contributed by atoms with van der Waals surface area (Å²) < 4.78 is 1.42. The van der Waals surface area contributed by atoms with E-state index in [0.717, 1.165) is 42.4 Å². The molecule has 44 heavy (non-hydrogen) atoms. The first-order valence-electron chi connectivity index (χ1n) is 15.8. The van der Waals surface area contributed by atoms with Crippen LogP contribution in [0.2, 0.25) is 0 Å². The molecule has 0 aliphatic heterocycles. The Balaban J connectivity index is 0.000000128. The maximum Gasteiger partial charge on any atom is -0.0253 e. The van der Waals surface area contributed by atoms with Gasteiger partial charge in [-0.3, -0.25) is 6.08 Å². The summed E-state index contributed by atoms with van der Waals surface area (Å²) in [7, 11) is 0. The Morgan fingerprint density at radius 2 is 1.20 bits per heavy atom. The Morgan fingerprint density at radius 1 is 0.636 bits per heavy atom. The average molecular weight is 693 g/mol. The summed E-state index contributed by atoms with van der Waals surface area (Å²) in [6.07, 6.45) is 18.0. The predicted molar refractivity (Wildman–Crippen MR) is 171 cm³/mol. The predicted octanol–water partition coefficient (Wildman–Crippen LogP) is 3.62. The van der Waals surface area contributed by atoms with Crippen molar-refractivity contribution in [2.24, 2.45) is 29.6 Å². The molecule has 0 spiro atoms. The van der Waals surface area contributed by atoms with Crippen molar-refractivity contribution in [3.8, 4) is 11.1 Å². The van der Waals surface area contributed by atoms with Crippen LogP contribution >= 0.6 is 0 Å². The van der Waals surface area contributed by atoms with Crippen LogP contribution in [0.1, 0.15) is 60.8 Å². The number of hydrogen-bond acceptors (Lipinski definition) is 0. The van der Waals surface area contributed by atoms with Gasteiger partial charge in [-0.25, -0.2) is 6.08 Å². The van der Waals surface area contributed by atoms with Gasteiger partial charge in [0.25, 0.3) is 0 Å². The maximum atomic E-state index is 3.36. The Hall–Kier alpha value is -2.31. The Bertz CT molecular complexity index is 1490. The van der Waals surface area contributed by atoms with E-state index in [4.69, 9.17) is 0 Å². The van der Waals surface area contributed by atoms with Gasteiger partial charge in [0.05, 0.1) is 0 Å². The van der Waals surface area contributed by atoms with E-state index >= 15 is 0 Å². The molecule has 6 aliphatic carbocycles. The van der Waals surface area contributed by atoms with Crippen molar-refractivity contribution in [2.75, 3.05) is 0 Å². The minimum atomic E-state index is 0. The normalized spacial score (nSPS) is 24.2. The molecule has 0 unspecified atom stereocenters. The first-order chi connectivity index (χ1) is 20.7. The summed E-state index contributed by atoms with van der Waals surface area (Å²) in [6.45, 7) is 0. The molecule has 6 aliphatic rings. The first-order valence-corrected chi connectivity index (χ1v) is 17.0. The zero-order valence-corrected chi connectivity index (χ0v) is 29.0. The fraction of sp³-hybridized carbons (Fsp3) is 0.293. The first kappa shape index (κ1) is 33.1. The van der Waals surface area contributed by atoms with Crippen molar-refractivity contribution in [3.05, 3.63) is 155 Å². The van der Waals surface area contributed by atoms with E-state index in [1.807, 2.05) is 6.07 Å². The van der Waals surface area contributed by atoms with Crippen LogP contribution in [0.3, 0.4) is 0 Å². The second-order valence-electron chi connectivity index (χ2n) is 12.7. The molecule has 4 bridgehead atoms. The number of allylic oxidation sites excluding steroid dienone is 4. The van der Waals surface area contributed by atoms with Crippen LogP contribution < -0.4 is 24.8 Å². The molecule has 0 atom stereocenters. The van der Waals surface area contributed by atoms with E-state index in [0.29, 0.717) is 0 Å². The SMILES string of the molecule is [C-]1=CC(C2C3CC4CC(C3)CC2C4)=CC1.[Cl-].[Cl-].[Zr+2]=[C](c1ccccc1)c1ccccc1.[c-]1cccc2c1Cc1ccccc1-2. The maximum absolute atomic E-state index is 3.36. The van der Waals surface area contributed by atoms with Crippen LogP contribution in [0, 0.1) is 41.7 Å². The van der Waals surface area contributed by atoms with Crippen LogP contribution in [0.5, 0.6) is 0 Å². The van der Waals surface area contributed by atoms with Crippen LogP contribution in [0.4, 0.5) is 0 Å². The molecular weight excluding hydrogens is 655 g/mol. The number of halogens is 2. The van der Waals surface area contributed by atoms with E-state index in [1.54, 1.807) is 37.7 Å². The Kier molecular flexibility index (Phi) is 11.5. The van der Waals surface area contributed by atoms with Crippen LogP contribution in [0.25, 0.3) is 11.1 Å². The van der Waals surface area contributed by atoms with Gasteiger partial charge < -0.3 is 24.8 Å². The standard InChI is InChI=1S/C15H19.C13H9.C13H10.2ClH.Zr/c1-2-4-12(3-1)15-13-6-10-5-11(8-13)9-14(15)7-10;1-3-7-12-10(5-1)9-11-6-2-4-8-13(11)12;1-3-7-12(8-4-1)11-13-9-5-2-6-10-13;;;/h3-4,10-11,13-15H,1,5-9H2;1-5,7-8H,9H2;1-10H;2*1H;/q2*-1;;;;+2/p-2. The van der Waals surface area contributed by atoms with Crippen molar-refractivity contribution in [1.82, 2.24) is 0 Å². The van der Waals surface area contributed by atoms with Crippen molar-refractivity contribution >= 4 is 3.21 Å². The van der Waals surface area contributed by atoms with Gasteiger partial charge in [-0.1, -0.05) is 41.3 Å². The second kappa shape index (κ2) is 15.3. The van der Waals surface area contributed by atoms with Gasteiger partial charge in [-0.05, 0) is 62.2 Å². The van der Waals surface area contributed by atoms with Crippen LogP contribution in [-0.2, 0) is 30.7 Å². The summed E-state index contributed by atoms with van der Waals surface area (Å²) in [6, 6.07) is 39.2. The molecule has 4 saturated carbocycles. The van der Waals surface area contributed by atoms with Crippen molar-refractivity contribution in [2.45, 2.75) is 44.9 Å². The van der Waals surface area contributed by atoms with E-state index in [9.17, 15) is 0 Å². The average Bonchev–Trinajstić information content (AvgIpc) is 3.70. The van der Waals surface area contributed by atoms with Gasteiger partial charge >= 0.3 is 99.2 Å². The molecule has 0 N–H and O–H groups in total. The smallest absolute Gasteiger partial charge is 0.0253 e. The number of fused-ring (bicyclic) bond motifs is 3. The summed E-state index contributed by atoms with van der Waals surface area (Å²) in [5, 5.41) is 0. The van der Waals surface area contributed by atoms with Crippen molar-refractivity contribution in [3.63, 3.8) is 0 Å². The molecule has 0 saturated heterocycles. The molecule has 0 nitrogen and oxygen atoms in total. The van der Waals surface area contributed by atoms with E-state index in [-0.39, 0.29) is 24.8 Å². The third-order valence-corrected chi connectivity index (χ3v) is 11.5. The molecule has 4 aromatic carbocycles. The summed E-state index contributed by atoms with van der Waals surface area (Å²) in [5.41, 5.74) is 9.83. The van der Waals surface area contributed by atoms with Crippen molar-refractivity contribution < 1.29 is 49.0 Å². The molecule has 0 amide bonds. The monoisotopic (exact) mass is 690 g/mol. The Labute approximate surface area is 291 Å². The quantitative estimate of drug-likeness (QED) is 0.254. The zero-order valence-electron chi connectivity index (χ0n) is 25.1. The van der Waals surface area contributed by atoms with Gasteiger partial charge in [0.1, 0.15) is 0 Å². The minimum absolute atomic E-state index is 0. The molecule has 4 aromatic rings. The van der Waals surface area contributed by atoms with Gasteiger partial charge in [-0.15, -0.1) is 12.0 Å². The summed E-state index contributed by atoms with van der Waals surface area (Å²) in [5.74, 6) is 5.25. The van der Waals surface area contributed by atoms with Gasteiger partial charge in [0.2, 0.25) is 0 Å². The summed E-state index contributed by atoms with van der Waals surface area (Å²) in [4.78, 5) is 0. The third kappa shape index (κ3) is 7.22. The van der Waals surface area contributed by atoms with E-state index < -0.39 is 0 Å². The van der Waals surface area contributed by atoms with Crippen LogP contribution in [0.15, 0.2) is 121 Å². The molecule has 4 fully saturated rings. The van der Waals surface area contributed by atoms with Gasteiger partial charge in [0.15, 0.2) is 0 Å². The molecule has 0 radical (unpaired) electrons. The van der Waals surface area contributed by atoms with Gasteiger partial charge in [-0.2, -0.15) is 41.5 Å². The molecular formula is C41H38Cl2Zr-2. The largest absolute Gasteiger partial charge is 0.179 e. The Morgan fingerprint density at radius 3 is 1.80 bits per heavy atom. The number of benzene rings is 4.